The van der Waals surface area contributed by atoms with E-state index in [0.717, 1.165) is 7.11 Å². The number of sulfonamides is 1. The predicted molar refractivity (Wildman–Crippen MR) is 66.3 cm³/mol. The molecule has 20 heavy (non-hydrogen) atoms. The molecule has 0 bridgehead atoms. The van der Waals surface area contributed by atoms with Crippen molar-refractivity contribution in [1.29, 1.82) is 0 Å². The van der Waals surface area contributed by atoms with E-state index >= 15 is 0 Å². The summed E-state index contributed by atoms with van der Waals surface area (Å²) in [5, 5.41) is 8.62. The van der Waals surface area contributed by atoms with Crippen molar-refractivity contribution >= 4 is 22.0 Å². The van der Waals surface area contributed by atoms with E-state index in [-0.39, 0.29) is 5.03 Å². The van der Waals surface area contributed by atoms with Gasteiger partial charge in [-0.3, -0.25) is 9.59 Å². The molecule has 10 heteroatoms. The number of nitrogens with one attached hydrogen (secondary N) is 1. The first-order chi connectivity index (χ1) is 9.17. The molecule has 0 aliphatic rings. The Hall–Kier alpha value is -1.94. The fourth-order valence-corrected chi connectivity index (χ4v) is 2.56. The number of rotatable bonds is 6. The Bertz CT molecular complexity index is 601. The molecule has 0 aromatic carbocycles. The summed E-state index contributed by atoms with van der Waals surface area (Å²) in [6, 6.07) is -1.62. The first-order valence-corrected chi connectivity index (χ1v) is 6.97. The molecular formula is C10H15N3O6S. The van der Waals surface area contributed by atoms with Gasteiger partial charge in [0.25, 0.3) is 10.0 Å². The molecule has 0 fully saturated rings. The first kappa shape index (κ1) is 16.1. The maximum atomic E-state index is 12.0. The zero-order valence-electron chi connectivity index (χ0n) is 11.2. The van der Waals surface area contributed by atoms with Gasteiger partial charge in [0.15, 0.2) is 5.03 Å². The topological polar surface area (TPSA) is 128 Å². The van der Waals surface area contributed by atoms with Crippen molar-refractivity contribution < 1.29 is 27.9 Å². The predicted octanol–water partition coefficient (Wildman–Crippen LogP) is -0.977. The van der Waals surface area contributed by atoms with Gasteiger partial charge in [0, 0.05) is 13.2 Å². The Balaban J connectivity index is 2.97. The molecule has 1 heterocycles. The van der Waals surface area contributed by atoms with Crippen molar-refractivity contribution in [1.82, 2.24) is 14.3 Å². The minimum atomic E-state index is -4.13. The molecule has 0 radical (unpaired) electrons. The average Bonchev–Trinajstić information content (AvgIpc) is 2.69. The quantitative estimate of drug-likeness (QED) is 0.647. The number of aliphatic carboxylic acids is 1. The molecule has 0 unspecified atom stereocenters. The Labute approximate surface area is 115 Å². The van der Waals surface area contributed by atoms with E-state index < -0.39 is 34.4 Å². The highest BCUT2D eigenvalue weighted by Crippen LogP contribution is 2.09. The lowest BCUT2D eigenvalue weighted by molar-refractivity contribution is -0.147. The number of nitrogens with zero attached hydrogens (tertiary/aromatic N) is 2. The third kappa shape index (κ3) is 3.78. The highest BCUT2D eigenvalue weighted by atomic mass is 32.2. The monoisotopic (exact) mass is 305 g/mol. The largest absolute Gasteiger partial charge is 0.480 e. The number of methoxy groups -OCH3 is 1. The van der Waals surface area contributed by atoms with Crippen LogP contribution in [0.25, 0.3) is 0 Å². The molecule has 0 saturated heterocycles. The summed E-state index contributed by atoms with van der Waals surface area (Å²) in [5.74, 6) is -1.87. The zero-order valence-corrected chi connectivity index (χ0v) is 12.0. The lowest BCUT2D eigenvalue weighted by Gasteiger charge is -2.12. The third-order valence-electron chi connectivity index (χ3n) is 2.56. The number of hydrogen-bond acceptors (Lipinski definition) is 6. The van der Waals surface area contributed by atoms with Crippen LogP contribution in [0.3, 0.4) is 0 Å². The lowest BCUT2D eigenvalue weighted by atomic mass is 10.2. The van der Waals surface area contributed by atoms with E-state index in [4.69, 9.17) is 5.11 Å². The van der Waals surface area contributed by atoms with Crippen molar-refractivity contribution in [3.05, 3.63) is 12.0 Å². The van der Waals surface area contributed by atoms with Crippen LogP contribution in [0, 0.1) is 6.92 Å². The molecule has 0 aliphatic heterocycles. The minimum absolute atomic E-state index is 0.311. The highest BCUT2D eigenvalue weighted by molar-refractivity contribution is 7.89. The summed E-state index contributed by atoms with van der Waals surface area (Å²) < 4.78 is 31.7. The fourth-order valence-electron chi connectivity index (χ4n) is 1.33. The van der Waals surface area contributed by atoms with Crippen molar-refractivity contribution in [2.45, 2.75) is 24.4 Å². The summed E-state index contributed by atoms with van der Waals surface area (Å²) in [6.45, 7) is 1.60. The molecule has 0 saturated carbocycles. The van der Waals surface area contributed by atoms with Crippen molar-refractivity contribution in [3.63, 3.8) is 0 Å². The Morgan fingerprint density at radius 3 is 2.55 bits per heavy atom. The second kappa shape index (κ2) is 6.01. The van der Waals surface area contributed by atoms with Gasteiger partial charge in [-0.25, -0.2) is 13.4 Å². The molecular weight excluding hydrogens is 290 g/mol. The standard InChI is InChI=1S/C10H15N3O6S/c1-6-11-8(5-13(6)2)20(17,18)12-7(10(15)16)4-9(14)19-3/h5,7,12H,4H2,1-3H3,(H,15,16)/t7-/m0/s1. The summed E-state index contributed by atoms with van der Waals surface area (Å²) >= 11 is 0. The molecule has 0 aliphatic carbocycles. The Kier molecular flexibility index (Phi) is 4.84. The molecule has 2 N–H and O–H groups in total. The number of imidazole rings is 1. The second-order valence-electron chi connectivity index (χ2n) is 4.03. The van der Waals surface area contributed by atoms with Crippen LogP contribution in [-0.2, 0) is 31.4 Å². The number of hydrogen-bond donors (Lipinski definition) is 2. The molecule has 112 valence electrons. The van der Waals surface area contributed by atoms with Gasteiger partial charge < -0.3 is 14.4 Å². The van der Waals surface area contributed by atoms with Crippen LogP contribution in [0.1, 0.15) is 12.2 Å². The van der Waals surface area contributed by atoms with Crippen LogP contribution >= 0.6 is 0 Å². The van der Waals surface area contributed by atoms with Gasteiger partial charge in [0.1, 0.15) is 11.9 Å². The van der Waals surface area contributed by atoms with Crippen LogP contribution in [-0.4, -0.2) is 48.2 Å². The van der Waals surface area contributed by atoms with Gasteiger partial charge in [0.05, 0.1) is 13.5 Å². The molecule has 1 aromatic rings. The third-order valence-corrected chi connectivity index (χ3v) is 3.90. The highest BCUT2D eigenvalue weighted by Gasteiger charge is 2.29. The van der Waals surface area contributed by atoms with Crippen LogP contribution in [0.2, 0.25) is 0 Å². The minimum Gasteiger partial charge on any atom is -0.480 e. The maximum absolute atomic E-state index is 12.0. The molecule has 1 atom stereocenters. The lowest BCUT2D eigenvalue weighted by Crippen LogP contribution is -2.42. The molecule has 0 spiro atoms. The van der Waals surface area contributed by atoms with Crippen LogP contribution < -0.4 is 4.72 Å². The zero-order chi connectivity index (χ0) is 15.5. The van der Waals surface area contributed by atoms with Crippen LogP contribution in [0.15, 0.2) is 11.2 Å². The number of carbonyl (C=O) groups is 2. The molecule has 1 rings (SSSR count). The van der Waals surface area contributed by atoms with E-state index in [9.17, 15) is 18.0 Å². The molecule has 0 amide bonds. The van der Waals surface area contributed by atoms with Crippen LogP contribution in [0.5, 0.6) is 0 Å². The molecule has 1 aromatic heterocycles. The number of carbonyl (C=O) groups excluding carboxylic acids is 1. The first-order valence-electron chi connectivity index (χ1n) is 5.49. The smallest absolute Gasteiger partial charge is 0.322 e. The van der Waals surface area contributed by atoms with Gasteiger partial charge >= 0.3 is 11.9 Å². The van der Waals surface area contributed by atoms with E-state index in [1.165, 1.54) is 10.8 Å². The number of carboxylic acid groups (broad SMARTS) is 1. The summed E-state index contributed by atoms with van der Waals surface area (Å²) in [4.78, 5) is 25.8. The number of ether oxygens (including phenoxy) is 1. The van der Waals surface area contributed by atoms with Gasteiger partial charge in [-0.15, -0.1) is 0 Å². The number of carboxylic acids is 1. The van der Waals surface area contributed by atoms with Gasteiger partial charge in [-0.1, -0.05) is 0 Å². The number of esters is 1. The van der Waals surface area contributed by atoms with E-state index in [2.05, 4.69) is 9.72 Å². The van der Waals surface area contributed by atoms with Gasteiger partial charge in [-0.05, 0) is 6.92 Å². The SMILES string of the molecule is COC(=O)C[C@H](NS(=O)(=O)c1cn(C)c(C)n1)C(=O)O. The average molecular weight is 305 g/mol. The summed E-state index contributed by atoms with van der Waals surface area (Å²) in [7, 11) is -1.45. The van der Waals surface area contributed by atoms with E-state index in [1.54, 1.807) is 14.0 Å². The van der Waals surface area contributed by atoms with E-state index in [0.29, 0.717) is 5.82 Å². The molecule has 9 nitrogen and oxygen atoms in total. The van der Waals surface area contributed by atoms with Crippen molar-refractivity contribution in [2.24, 2.45) is 7.05 Å². The van der Waals surface area contributed by atoms with Crippen LogP contribution in [0.4, 0.5) is 0 Å². The fraction of sp³-hybridized carbons (Fsp3) is 0.500. The number of aryl methyl sites for hydroxylation is 2. The van der Waals surface area contributed by atoms with E-state index in [1.807, 2.05) is 4.72 Å². The Morgan fingerprint density at radius 2 is 2.15 bits per heavy atom. The Morgan fingerprint density at radius 1 is 1.55 bits per heavy atom. The van der Waals surface area contributed by atoms with Gasteiger partial charge in [0.2, 0.25) is 0 Å². The van der Waals surface area contributed by atoms with Crippen molar-refractivity contribution in [2.75, 3.05) is 7.11 Å². The van der Waals surface area contributed by atoms with Crippen molar-refractivity contribution in [3.8, 4) is 0 Å². The number of aromatic nitrogens is 2. The normalized spacial score (nSPS) is 12.9. The summed E-state index contributed by atoms with van der Waals surface area (Å²) in [5.41, 5.74) is 0. The maximum Gasteiger partial charge on any atom is 0.322 e. The second-order valence-corrected chi connectivity index (χ2v) is 5.69. The van der Waals surface area contributed by atoms with Gasteiger partial charge in [-0.2, -0.15) is 4.72 Å². The summed E-state index contributed by atoms with van der Waals surface area (Å²) in [6.07, 6.45) is 0.631.